The Morgan fingerprint density at radius 2 is 1.86 bits per heavy atom. The molecule has 4 rings (SSSR count). The number of nitrogens with one attached hydrogen (secondary N) is 1. The van der Waals surface area contributed by atoms with Crippen LogP contribution in [-0.2, 0) is 32.5 Å². The molecule has 29 heavy (non-hydrogen) atoms. The zero-order valence-corrected chi connectivity index (χ0v) is 17.0. The van der Waals surface area contributed by atoms with Crippen molar-refractivity contribution >= 4 is 5.96 Å². The quantitative estimate of drug-likeness (QED) is 0.521. The Kier molecular flexibility index (Phi) is 6.19. The molecule has 1 aliphatic heterocycles. The van der Waals surface area contributed by atoms with Gasteiger partial charge in [-0.1, -0.05) is 61.5 Å². The SMILES string of the molecule is CCc1nncn1CCNC(=NCc1ccccc1)N1CCc2ccccc2C1. The maximum Gasteiger partial charge on any atom is 0.194 e. The van der Waals surface area contributed by atoms with Crippen LogP contribution in [0.2, 0.25) is 0 Å². The van der Waals surface area contributed by atoms with Crippen LogP contribution in [0.1, 0.15) is 29.4 Å². The van der Waals surface area contributed by atoms with E-state index in [-0.39, 0.29) is 0 Å². The predicted octanol–water partition coefficient (Wildman–Crippen LogP) is 3.04. The minimum Gasteiger partial charge on any atom is -0.354 e. The number of benzene rings is 2. The first-order valence-corrected chi connectivity index (χ1v) is 10.3. The van der Waals surface area contributed by atoms with Gasteiger partial charge in [0.25, 0.3) is 0 Å². The summed E-state index contributed by atoms with van der Waals surface area (Å²) < 4.78 is 2.10. The summed E-state index contributed by atoms with van der Waals surface area (Å²) in [6.45, 7) is 6.26. The molecule has 0 spiro atoms. The van der Waals surface area contributed by atoms with Crippen molar-refractivity contribution in [2.24, 2.45) is 4.99 Å². The summed E-state index contributed by atoms with van der Waals surface area (Å²) in [4.78, 5) is 7.30. The molecule has 2 heterocycles. The molecule has 6 heteroatoms. The Labute approximate surface area is 172 Å². The number of fused-ring (bicyclic) bond motifs is 1. The van der Waals surface area contributed by atoms with Crippen molar-refractivity contribution in [3.63, 3.8) is 0 Å². The molecule has 0 radical (unpaired) electrons. The summed E-state index contributed by atoms with van der Waals surface area (Å²) in [7, 11) is 0. The molecule has 0 saturated carbocycles. The molecule has 0 bridgehead atoms. The Morgan fingerprint density at radius 1 is 1.07 bits per heavy atom. The Hall–Kier alpha value is -3.15. The van der Waals surface area contributed by atoms with E-state index in [1.54, 1.807) is 6.33 Å². The van der Waals surface area contributed by atoms with E-state index in [4.69, 9.17) is 4.99 Å². The zero-order valence-electron chi connectivity index (χ0n) is 17.0. The number of rotatable bonds is 6. The van der Waals surface area contributed by atoms with E-state index in [0.29, 0.717) is 6.54 Å². The summed E-state index contributed by atoms with van der Waals surface area (Å²) in [5.74, 6) is 1.98. The van der Waals surface area contributed by atoms with Crippen molar-refractivity contribution in [3.8, 4) is 0 Å². The molecule has 0 fully saturated rings. The lowest BCUT2D eigenvalue weighted by Gasteiger charge is -2.32. The van der Waals surface area contributed by atoms with E-state index in [2.05, 4.69) is 80.4 Å². The van der Waals surface area contributed by atoms with Gasteiger partial charge in [0.2, 0.25) is 0 Å². The molecule has 0 aliphatic carbocycles. The van der Waals surface area contributed by atoms with Crippen LogP contribution >= 0.6 is 0 Å². The van der Waals surface area contributed by atoms with Gasteiger partial charge in [-0.25, -0.2) is 4.99 Å². The molecular weight excluding hydrogens is 360 g/mol. The minimum absolute atomic E-state index is 0.675. The molecule has 1 N–H and O–H groups in total. The lowest BCUT2D eigenvalue weighted by atomic mass is 10.0. The van der Waals surface area contributed by atoms with E-state index >= 15 is 0 Å². The third-order valence-electron chi connectivity index (χ3n) is 5.33. The van der Waals surface area contributed by atoms with Crippen molar-refractivity contribution in [1.29, 1.82) is 0 Å². The summed E-state index contributed by atoms with van der Waals surface area (Å²) >= 11 is 0. The first-order valence-electron chi connectivity index (χ1n) is 10.3. The number of aryl methyl sites for hydroxylation is 1. The van der Waals surface area contributed by atoms with E-state index in [9.17, 15) is 0 Å². The summed E-state index contributed by atoms with van der Waals surface area (Å²) in [5.41, 5.74) is 4.06. The van der Waals surface area contributed by atoms with Crippen molar-refractivity contribution in [2.45, 2.75) is 39.4 Å². The van der Waals surface area contributed by atoms with Crippen molar-refractivity contribution < 1.29 is 0 Å². The molecule has 0 amide bonds. The third kappa shape index (κ3) is 4.83. The molecule has 0 saturated heterocycles. The molecule has 150 valence electrons. The first-order chi connectivity index (χ1) is 14.3. The fraction of sp³-hybridized carbons (Fsp3) is 0.348. The second kappa shape index (κ2) is 9.37. The van der Waals surface area contributed by atoms with Gasteiger partial charge in [-0.05, 0) is 23.1 Å². The second-order valence-electron chi connectivity index (χ2n) is 7.29. The summed E-state index contributed by atoms with van der Waals surface area (Å²) in [6, 6.07) is 19.1. The van der Waals surface area contributed by atoms with Crippen LogP contribution in [0.5, 0.6) is 0 Å². The number of hydrogen-bond acceptors (Lipinski definition) is 3. The highest BCUT2D eigenvalue weighted by molar-refractivity contribution is 5.80. The zero-order chi connectivity index (χ0) is 19.9. The van der Waals surface area contributed by atoms with Gasteiger partial charge >= 0.3 is 0 Å². The van der Waals surface area contributed by atoms with Crippen LogP contribution in [0.4, 0.5) is 0 Å². The highest BCUT2D eigenvalue weighted by atomic mass is 15.3. The maximum atomic E-state index is 4.94. The van der Waals surface area contributed by atoms with E-state index in [0.717, 1.165) is 50.8 Å². The van der Waals surface area contributed by atoms with Crippen molar-refractivity contribution in [3.05, 3.63) is 83.4 Å². The van der Waals surface area contributed by atoms with Gasteiger partial charge in [-0.3, -0.25) is 0 Å². The number of aromatic nitrogens is 3. The van der Waals surface area contributed by atoms with Gasteiger partial charge in [-0.15, -0.1) is 10.2 Å². The molecule has 3 aromatic rings. The second-order valence-corrected chi connectivity index (χ2v) is 7.29. The van der Waals surface area contributed by atoms with Crippen LogP contribution < -0.4 is 5.32 Å². The number of aliphatic imine (C=N–C) groups is 1. The summed E-state index contributed by atoms with van der Waals surface area (Å²) in [5, 5.41) is 11.8. The largest absolute Gasteiger partial charge is 0.354 e. The highest BCUT2D eigenvalue weighted by Gasteiger charge is 2.19. The lowest BCUT2D eigenvalue weighted by molar-refractivity contribution is 0.376. The maximum absolute atomic E-state index is 4.94. The van der Waals surface area contributed by atoms with E-state index in [1.807, 2.05) is 6.07 Å². The minimum atomic E-state index is 0.675. The number of guanidine groups is 1. The molecule has 0 atom stereocenters. The fourth-order valence-electron chi connectivity index (χ4n) is 3.72. The van der Waals surface area contributed by atoms with Crippen LogP contribution in [0, 0.1) is 0 Å². The first kappa shape index (κ1) is 19.2. The average molecular weight is 389 g/mol. The van der Waals surface area contributed by atoms with Crippen LogP contribution in [0.3, 0.4) is 0 Å². The lowest BCUT2D eigenvalue weighted by Crippen LogP contribution is -2.45. The molecule has 0 unspecified atom stereocenters. The third-order valence-corrected chi connectivity index (χ3v) is 5.33. The van der Waals surface area contributed by atoms with Crippen LogP contribution in [0.25, 0.3) is 0 Å². The highest BCUT2D eigenvalue weighted by Crippen LogP contribution is 2.18. The van der Waals surface area contributed by atoms with Crippen molar-refractivity contribution in [1.82, 2.24) is 25.0 Å². The molecule has 1 aliphatic rings. The van der Waals surface area contributed by atoms with Gasteiger partial charge in [0.05, 0.1) is 6.54 Å². The van der Waals surface area contributed by atoms with E-state index < -0.39 is 0 Å². The van der Waals surface area contributed by atoms with E-state index in [1.165, 1.54) is 16.7 Å². The standard InChI is InChI=1S/C23H28N6/c1-2-22-27-26-18-29(22)15-13-24-23(25-16-19-8-4-3-5-9-19)28-14-12-20-10-6-7-11-21(20)17-28/h3-11,18H,2,12-17H2,1H3,(H,24,25). The number of hydrogen-bond donors (Lipinski definition) is 1. The molecule has 1 aromatic heterocycles. The summed E-state index contributed by atoms with van der Waals surface area (Å²) in [6.07, 6.45) is 3.74. The fourth-order valence-corrected chi connectivity index (χ4v) is 3.72. The topological polar surface area (TPSA) is 58.3 Å². The number of nitrogens with zero attached hydrogens (tertiary/aromatic N) is 5. The molecule has 6 nitrogen and oxygen atoms in total. The van der Waals surface area contributed by atoms with Crippen LogP contribution in [-0.4, -0.2) is 38.7 Å². The Bertz CT molecular complexity index is 947. The smallest absolute Gasteiger partial charge is 0.194 e. The molecular formula is C23H28N6. The van der Waals surface area contributed by atoms with Crippen LogP contribution in [0.15, 0.2) is 65.9 Å². The average Bonchev–Trinajstić information content (AvgIpc) is 3.24. The molecule has 2 aromatic carbocycles. The monoisotopic (exact) mass is 388 g/mol. The normalized spacial score (nSPS) is 14.0. The van der Waals surface area contributed by atoms with Gasteiger partial charge in [0.1, 0.15) is 12.2 Å². The van der Waals surface area contributed by atoms with Crippen molar-refractivity contribution in [2.75, 3.05) is 13.1 Å². The predicted molar refractivity (Wildman–Crippen MR) is 116 cm³/mol. The Morgan fingerprint density at radius 3 is 2.69 bits per heavy atom. The Balaban J connectivity index is 1.46. The van der Waals surface area contributed by atoms with Gasteiger partial charge < -0.3 is 14.8 Å². The van der Waals surface area contributed by atoms with Gasteiger partial charge in [0, 0.05) is 32.6 Å². The van der Waals surface area contributed by atoms with Gasteiger partial charge in [-0.2, -0.15) is 0 Å². The van der Waals surface area contributed by atoms with Gasteiger partial charge in [0.15, 0.2) is 5.96 Å².